The lowest BCUT2D eigenvalue weighted by atomic mass is 9.66. The average Bonchev–Trinajstić information content (AvgIpc) is 3.09. The highest BCUT2D eigenvalue weighted by Crippen LogP contribution is 2.58. The molecule has 1 aliphatic carbocycles. The lowest BCUT2D eigenvalue weighted by molar-refractivity contribution is -0.137. The third-order valence-corrected chi connectivity index (χ3v) is 10.6. The molecular weight excluding hydrogens is 589 g/mol. The lowest BCUT2D eigenvalue weighted by Gasteiger charge is -2.45. The lowest BCUT2D eigenvalue weighted by Crippen LogP contribution is -2.48. The molecule has 5 nitrogen and oxygen atoms in total. The van der Waals surface area contributed by atoms with E-state index in [4.69, 9.17) is 0 Å². The van der Waals surface area contributed by atoms with E-state index in [1.807, 2.05) is 18.2 Å². The summed E-state index contributed by atoms with van der Waals surface area (Å²) in [5.41, 5.74) is 0.962. The number of hydrogen-bond acceptors (Lipinski definition) is 2. The smallest absolute Gasteiger partial charge is 0.416 e. The van der Waals surface area contributed by atoms with Gasteiger partial charge in [0, 0.05) is 37.1 Å². The number of hydrogen-bond donors (Lipinski definition) is 2. The first-order valence-electron chi connectivity index (χ1n) is 13.1. The van der Waals surface area contributed by atoms with Gasteiger partial charge in [-0.15, -0.1) is 0 Å². The van der Waals surface area contributed by atoms with Crippen LogP contribution in [0, 0.1) is 5.92 Å². The summed E-state index contributed by atoms with van der Waals surface area (Å²) in [4.78, 5) is 26.6. The number of rotatable bonds is 6. The van der Waals surface area contributed by atoms with Gasteiger partial charge in [-0.1, -0.05) is 71.9 Å². The van der Waals surface area contributed by atoms with E-state index in [9.17, 15) is 27.9 Å². The van der Waals surface area contributed by atoms with Crippen LogP contribution in [0.3, 0.4) is 0 Å². The molecule has 2 unspecified atom stereocenters. The number of halogens is 4. The number of carbonyl (C=O) groups is 2. The number of carboxylic acid groups (broad SMARTS) is 1. The third kappa shape index (κ3) is 6.27. The second kappa shape index (κ2) is 11.1. The number of fused-ring (bicyclic) bond motifs is 2. The minimum atomic E-state index is -4.50. The molecule has 2 aliphatic rings. The Kier molecular flexibility index (Phi) is 8.38. The highest BCUT2D eigenvalue weighted by Gasteiger charge is 2.54. The van der Waals surface area contributed by atoms with Crippen LogP contribution >= 0.6 is 15.9 Å². The molecule has 0 radical (unpaired) electrons. The van der Waals surface area contributed by atoms with Crippen LogP contribution in [0.1, 0.15) is 47.6 Å². The summed E-state index contributed by atoms with van der Waals surface area (Å²) in [7, 11) is -1.42. The number of carbonyl (C=O) groups excluding carboxylic acids is 1. The molecule has 1 fully saturated rings. The Morgan fingerprint density at radius 1 is 1.13 bits per heavy atom. The van der Waals surface area contributed by atoms with Crippen molar-refractivity contribution < 1.29 is 27.9 Å². The number of nitrogens with one attached hydrogen (secondary N) is 1. The summed E-state index contributed by atoms with van der Waals surface area (Å²) in [6.07, 6.45) is -0.928. The molecule has 0 saturated carbocycles. The first-order chi connectivity index (χ1) is 18.2. The standard InChI is InChI=1S/C29H34BrF3N2O3Si/c1-39(2,3)18-13-22-26(34-27(37)38)20-8-6-10-23(30)25(20)28(22)14-16-35(17-15-28)24(36)12-11-19-7-4-5-9-21(19)29(31,32)33/h4-12,22,26,34H,13-18H2,1-3H3,(H,37,38). The molecule has 1 saturated heterocycles. The van der Waals surface area contributed by atoms with E-state index in [2.05, 4.69) is 40.9 Å². The topological polar surface area (TPSA) is 69.6 Å². The van der Waals surface area contributed by atoms with Crippen molar-refractivity contribution in [3.05, 3.63) is 75.3 Å². The zero-order chi connectivity index (χ0) is 28.6. The van der Waals surface area contributed by atoms with Crippen LogP contribution < -0.4 is 5.32 Å². The number of amides is 2. The molecule has 2 amide bonds. The summed E-state index contributed by atoms with van der Waals surface area (Å²) in [5, 5.41) is 12.5. The average molecular weight is 624 g/mol. The van der Waals surface area contributed by atoms with Crippen LogP contribution in [-0.2, 0) is 16.4 Å². The van der Waals surface area contributed by atoms with Gasteiger partial charge in [0.05, 0.1) is 11.6 Å². The molecule has 1 spiro atoms. The minimum absolute atomic E-state index is 0.0421. The van der Waals surface area contributed by atoms with E-state index in [-0.39, 0.29) is 28.8 Å². The normalized spacial score (nSPS) is 20.8. The fourth-order valence-corrected chi connectivity index (χ4v) is 8.26. The second-order valence-electron chi connectivity index (χ2n) is 11.7. The van der Waals surface area contributed by atoms with Crippen LogP contribution in [0.4, 0.5) is 18.0 Å². The van der Waals surface area contributed by atoms with E-state index < -0.39 is 25.9 Å². The summed E-state index contributed by atoms with van der Waals surface area (Å²) in [6.45, 7) is 7.80. The molecule has 4 rings (SSSR count). The quantitative estimate of drug-likeness (QED) is 0.256. The van der Waals surface area contributed by atoms with E-state index in [1.165, 1.54) is 30.4 Å². The van der Waals surface area contributed by atoms with Crippen LogP contribution in [0.5, 0.6) is 0 Å². The molecule has 2 N–H and O–H groups in total. The van der Waals surface area contributed by atoms with Crippen molar-refractivity contribution in [2.75, 3.05) is 13.1 Å². The molecule has 2 aromatic rings. The highest BCUT2D eigenvalue weighted by atomic mass is 79.9. The van der Waals surface area contributed by atoms with Gasteiger partial charge in [0.1, 0.15) is 0 Å². The number of likely N-dealkylation sites (tertiary alicyclic amines) is 1. The van der Waals surface area contributed by atoms with Gasteiger partial charge in [0.15, 0.2) is 0 Å². The Bertz CT molecular complexity index is 1270. The predicted octanol–water partition coefficient (Wildman–Crippen LogP) is 7.71. The van der Waals surface area contributed by atoms with Gasteiger partial charge in [-0.05, 0) is 60.1 Å². The molecule has 2 atom stereocenters. The van der Waals surface area contributed by atoms with E-state index in [0.29, 0.717) is 25.9 Å². The van der Waals surface area contributed by atoms with E-state index in [0.717, 1.165) is 34.1 Å². The molecule has 39 heavy (non-hydrogen) atoms. The van der Waals surface area contributed by atoms with Crippen molar-refractivity contribution in [1.82, 2.24) is 10.2 Å². The fraction of sp³-hybridized carbons (Fsp3) is 0.448. The largest absolute Gasteiger partial charge is 0.465 e. The number of nitrogens with zero attached hydrogens (tertiary/aromatic N) is 1. The summed E-state index contributed by atoms with van der Waals surface area (Å²) < 4.78 is 41.0. The first kappa shape index (κ1) is 29.4. The van der Waals surface area contributed by atoms with Crippen molar-refractivity contribution in [1.29, 1.82) is 0 Å². The number of piperidine rings is 1. The zero-order valence-corrected chi connectivity index (χ0v) is 24.9. The molecule has 1 aliphatic heterocycles. The second-order valence-corrected chi connectivity index (χ2v) is 18.2. The van der Waals surface area contributed by atoms with Crippen molar-refractivity contribution in [2.24, 2.45) is 5.92 Å². The van der Waals surface area contributed by atoms with Crippen LogP contribution in [0.2, 0.25) is 25.7 Å². The minimum Gasteiger partial charge on any atom is -0.465 e. The fourth-order valence-electron chi connectivity index (χ4n) is 6.30. The van der Waals surface area contributed by atoms with Gasteiger partial charge in [-0.25, -0.2) is 4.79 Å². The summed E-state index contributed by atoms with van der Waals surface area (Å²) in [6, 6.07) is 11.8. The van der Waals surface area contributed by atoms with Gasteiger partial charge in [-0.2, -0.15) is 13.2 Å². The maximum atomic E-state index is 13.4. The maximum absolute atomic E-state index is 13.4. The Balaban J connectivity index is 1.60. The Hall–Kier alpha value is -2.59. The Morgan fingerprint density at radius 3 is 2.41 bits per heavy atom. The van der Waals surface area contributed by atoms with Crippen molar-refractivity contribution in [3.63, 3.8) is 0 Å². The van der Waals surface area contributed by atoms with Crippen molar-refractivity contribution in [2.45, 2.75) is 62.6 Å². The molecule has 0 aromatic heterocycles. The molecule has 0 bridgehead atoms. The van der Waals surface area contributed by atoms with Crippen molar-refractivity contribution in [3.8, 4) is 0 Å². The Morgan fingerprint density at radius 2 is 1.79 bits per heavy atom. The maximum Gasteiger partial charge on any atom is 0.416 e. The van der Waals surface area contributed by atoms with E-state index in [1.54, 1.807) is 4.90 Å². The van der Waals surface area contributed by atoms with Crippen LogP contribution in [-0.4, -0.2) is 43.2 Å². The zero-order valence-electron chi connectivity index (χ0n) is 22.3. The molecule has 2 aromatic carbocycles. The summed E-state index contributed by atoms with van der Waals surface area (Å²) in [5.74, 6) is -0.286. The summed E-state index contributed by atoms with van der Waals surface area (Å²) >= 11 is 3.74. The van der Waals surface area contributed by atoms with Crippen LogP contribution in [0.25, 0.3) is 6.08 Å². The molecule has 1 heterocycles. The van der Waals surface area contributed by atoms with Crippen LogP contribution in [0.15, 0.2) is 53.0 Å². The SMILES string of the molecule is C[Si](C)(C)CCC1C(NC(=O)O)c2cccc(Br)c2C12CCN(C(=O)C=Cc1ccccc1C(F)(F)F)CC2. The van der Waals surface area contributed by atoms with E-state index >= 15 is 0 Å². The number of alkyl halides is 3. The molecule has 10 heteroatoms. The molecule has 210 valence electrons. The molecular formula is C29H34BrF3N2O3Si. The Labute approximate surface area is 236 Å². The third-order valence-electron chi connectivity index (χ3n) is 8.11. The number of benzene rings is 2. The monoisotopic (exact) mass is 622 g/mol. The van der Waals surface area contributed by atoms with Gasteiger partial charge >= 0.3 is 12.3 Å². The van der Waals surface area contributed by atoms with Crippen molar-refractivity contribution >= 4 is 42.1 Å². The van der Waals surface area contributed by atoms with Gasteiger partial charge in [0.2, 0.25) is 5.91 Å². The predicted molar refractivity (Wildman–Crippen MR) is 152 cm³/mol. The van der Waals surface area contributed by atoms with Gasteiger partial charge in [-0.3, -0.25) is 4.79 Å². The van der Waals surface area contributed by atoms with Gasteiger partial charge in [0.25, 0.3) is 0 Å². The highest BCUT2D eigenvalue weighted by molar-refractivity contribution is 9.10. The van der Waals surface area contributed by atoms with Gasteiger partial charge < -0.3 is 15.3 Å². The first-order valence-corrected chi connectivity index (χ1v) is 17.6.